The highest BCUT2D eigenvalue weighted by Gasteiger charge is 2.19. The highest BCUT2D eigenvalue weighted by Crippen LogP contribution is 2.30. The van der Waals surface area contributed by atoms with Gasteiger partial charge in [0.2, 0.25) is 0 Å². The monoisotopic (exact) mass is 626 g/mol. The summed E-state index contributed by atoms with van der Waals surface area (Å²) in [5.41, 5.74) is 3.85. The molecule has 3 rings (SSSR count). The maximum atomic E-state index is 12.5. The summed E-state index contributed by atoms with van der Waals surface area (Å²) in [5.74, 6) is 0.420. The number of hydrazone groups is 1. The second kappa shape index (κ2) is 12.4. The molecule has 0 aliphatic rings. The maximum absolute atomic E-state index is 12.5. The number of rotatable bonds is 10. The van der Waals surface area contributed by atoms with Gasteiger partial charge in [0, 0.05) is 27.3 Å². The Labute approximate surface area is 223 Å². The zero-order valence-electron chi connectivity index (χ0n) is 18.0. The normalized spacial score (nSPS) is 12.0. The number of carbonyl (C=O) groups is 1. The standard InChI is InChI=1S/C22H21Br2ClN6O2S/c1-3-8-31-19(12-26-17-6-4-16(25)5-7-17)28-30-22(31)34-13(2)21(33)29-27-11-14-9-15(23)10-18(24)20(14)32/h3-7,9-11,13,26,32H,1,8,12H2,2H3,(H,29,33). The molecule has 1 unspecified atom stereocenters. The SMILES string of the molecule is C=CCn1c(CNc2ccc(Cl)cc2)nnc1SC(C)C(=O)NN=Cc1cc(Br)cc(Br)c1O. The molecular formula is C22H21Br2ClN6O2S. The lowest BCUT2D eigenvalue weighted by atomic mass is 10.2. The molecule has 0 fully saturated rings. The van der Waals surface area contributed by atoms with E-state index in [1.807, 2.05) is 16.7 Å². The van der Waals surface area contributed by atoms with Gasteiger partial charge in [-0.1, -0.05) is 45.4 Å². The van der Waals surface area contributed by atoms with Crippen LogP contribution in [0.3, 0.4) is 0 Å². The van der Waals surface area contributed by atoms with Crippen molar-refractivity contribution >= 4 is 73.0 Å². The Morgan fingerprint density at radius 3 is 2.76 bits per heavy atom. The Morgan fingerprint density at radius 1 is 1.32 bits per heavy atom. The smallest absolute Gasteiger partial charge is 0.253 e. The van der Waals surface area contributed by atoms with E-state index < -0.39 is 5.25 Å². The van der Waals surface area contributed by atoms with Crippen LogP contribution in [0.1, 0.15) is 18.3 Å². The summed E-state index contributed by atoms with van der Waals surface area (Å²) in [7, 11) is 0. The van der Waals surface area contributed by atoms with Crippen LogP contribution in [0.2, 0.25) is 5.02 Å². The van der Waals surface area contributed by atoms with Crippen LogP contribution in [0.25, 0.3) is 0 Å². The van der Waals surface area contributed by atoms with Gasteiger partial charge >= 0.3 is 0 Å². The first-order valence-electron chi connectivity index (χ1n) is 9.98. The van der Waals surface area contributed by atoms with Crippen LogP contribution in [0.15, 0.2) is 68.3 Å². The van der Waals surface area contributed by atoms with Gasteiger partial charge in [-0.25, -0.2) is 5.43 Å². The Kier molecular flexibility index (Phi) is 9.57. The van der Waals surface area contributed by atoms with E-state index in [2.05, 4.69) is 64.5 Å². The molecule has 0 aliphatic carbocycles. The van der Waals surface area contributed by atoms with Gasteiger partial charge in [0.25, 0.3) is 5.91 Å². The second-order valence-electron chi connectivity index (χ2n) is 6.98. The number of amides is 1. The third-order valence-electron chi connectivity index (χ3n) is 4.49. The van der Waals surface area contributed by atoms with Crippen LogP contribution in [-0.2, 0) is 17.9 Å². The van der Waals surface area contributed by atoms with Crippen LogP contribution in [-0.4, -0.2) is 37.2 Å². The molecule has 3 aromatic rings. The number of hydrogen-bond donors (Lipinski definition) is 3. The zero-order chi connectivity index (χ0) is 24.7. The van der Waals surface area contributed by atoms with Gasteiger partial charge in [0.05, 0.1) is 22.5 Å². The molecule has 3 N–H and O–H groups in total. The van der Waals surface area contributed by atoms with Crippen LogP contribution >= 0.6 is 55.2 Å². The summed E-state index contributed by atoms with van der Waals surface area (Å²) in [6.07, 6.45) is 3.12. The zero-order valence-corrected chi connectivity index (χ0v) is 22.7. The number of thioether (sulfide) groups is 1. The number of phenolic OH excluding ortho intramolecular Hbond substituents is 1. The fraction of sp³-hybridized carbons (Fsp3) is 0.182. The topological polar surface area (TPSA) is 104 Å². The number of phenols is 1. The molecule has 1 aromatic heterocycles. The van der Waals surface area contributed by atoms with E-state index in [0.717, 1.165) is 10.2 Å². The second-order valence-corrected chi connectivity index (χ2v) is 10.5. The molecule has 1 amide bonds. The third-order valence-corrected chi connectivity index (χ3v) is 6.88. The lowest BCUT2D eigenvalue weighted by Crippen LogP contribution is -2.27. The molecule has 178 valence electrons. The third kappa shape index (κ3) is 7.08. The number of benzene rings is 2. The van der Waals surface area contributed by atoms with Crippen LogP contribution in [0.4, 0.5) is 5.69 Å². The molecular weight excluding hydrogens is 608 g/mol. The van der Waals surface area contributed by atoms with E-state index in [9.17, 15) is 9.90 Å². The lowest BCUT2D eigenvalue weighted by molar-refractivity contribution is -0.120. The lowest BCUT2D eigenvalue weighted by Gasteiger charge is -2.12. The highest BCUT2D eigenvalue weighted by molar-refractivity contribution is 9.11. The number of nitrogens with zero attached hydrogens (tertiary/aromatic N) is 4. The Bertz CT molecular complexity index is 1200. The molecule has 12 heteroatoms. The van der Waals surface area contributed by atoms with Gasteiger partial charge in [-0.05, 0) is 59.3 Å². The van der Waals surface area contributed by atoms with Crippen molar-refractivity contribution in [2.75, 3.05) is 5.32 Å². The van der Waals surface area contributed by atoms with Gasteiger partial charge < -0.3 is 15.0 Å². The summed E-state index contributed by atoms with van der Waals surface area (Å²) < 4.78 is 3.17. The molecule has 0 spiro atoms. The van der Waals surface area contributed by atoms with E-state index in [1.54, 1.807) is 37.3 Å². The average Bonchev–Trinajstić information content (AvgIpc) is 3.17. The molecule has 0 saturated carbocycles. The van der Waals surface area contributed by atoms with Gasteiger partial charge in [0.15, 0.2) is 11.0 Å². The van der Waals surface area contributed by atoms with Crippen molar-refractivity contribution in [1.82, 2.24) is 20.2 Å². The van der Waals surface area contributed by atoms with Crippen LogP contribution in [0.5, 0.6) is 5.75 Å². The summed E-state index contributed by atoms with van der Waals surface area (Å²) in [6, 6.07) is 10.8. The Balaban J connectivity index is 1.63. The van der Waals surface area contributed by atoms with E-state index >= 15 is 0 Å². The first-order valence-corrected chi connectivity index (χ1v) is 12.8. The first-order chi connectivity index (χ1) is 16.3. The minimum absolute atomic E-state index is 0.0286. The average molecular weight is 629 g/mol. The van der Waals surface area contributed by atoms with Crippen molar-refractivity contribution in [3.63, 3.8) is 0 Å². The van der Waals surface area contributed by atoms with Crippen LogP contribution in [0, 0.1) is 0 Å². The van der Waals surface area contributed by atoms with Gasteiger partial charge in [-0.2, -0.15) is 5.10 Å². The van der Waals surface area contributed by atoms with Crippen molar-refractivity contribution in [2.24, 2.45) is 5.10 Å². The van der Waals surface area contributed by atoms with E-state index in [-0.39, 0.29) is 11.7 Å². The molecule has 1 atom stereocenters. The number of aromatic hydroxyl groups is 1. The minimum Gasteiger partial charge on any atom is -0.506 e. The summed E-state index contributed by atoms with van der Waals surface area (Å²) >= 11 is 13.8. The van der Waals surface area contributed by atoms with E-state index in [0.29, 0.717) is 39.1 Å². The summed E-state index contributed by atoms with van der Waals surface area (Å²) in [6.45, 7) is 6.49. The predicted octanol–water partition coefficient (Wildman–Crippen LogP) is 5.59. The molecule has 8 nitrogen and oxygen atoms in total. The number of nitrogens with one attached hydrogen (secondary N) is 2. The summed E-state index contributed by atoms with van der Waals surface area (Å²) in [5, 5.41) is 26.6. The van der Waals surface area contributed by atoms with Gasteiger partial charge in [0.1, 0.15) is 5.75 Å². The summed E-state index contributed by atoms with van der Waals surface area (Å²) in [4.78, 5) is 12.5. The number of aromatic nitrogens is 3. The fourth-order valence-corrected chi connectivity index (χ4v) is 5.01. The first kappa shape index (κ1) is 26.3. The number of carbonyl (C=O) groups excluding carboxylic acids is 1. The molecule has 0 bridgehead atoms. The van der Waals surface area contributed by atoms with Crippen molar-refractivity contribution in [1.29, 1.82) is 0 Å². The molecule has 34 heavy (non-hydrogen) atoms. The van der Waals surface area contributed by atoms with E-state index in [4.69, 9.17) is 11.6 Å². The number of halogens is 3. The number of allylic oxidation sites excluding steroid dienone is 1. The molecule has 1 heterocycles. The van der Waals surface area contributed by atoms with Crippen molar-refractivity contribution in [3.05, 3.63) is 74.4 Å². The Hall–Kier alpha value is -2.34. The minimum atomic E-state index is -0.496. The van der Waals surface area contributed by atoms with Gasteiger partial charge in [-0.15, -0.1) is 16.8 Å². The largest absolute Gasteiger partial charge is 0.506 e. The van der Waals surface area contributed by atoms with E-state index in [1.165, 1.54) is 18.0 Å². The highest BCUT2D eigenvalue weighted by atomic mass is 79.9. The molecule has 2 aromatic carbocycles. The quantitative estimate of drug-likeness (QED) is 0.117. The maximum Gasteiger partial charge on any atom is 0.253 e. The number of anilines is 1. The van der Waals surface area contributed by atoms with Gasteiger partial charge in [-0.3, -0.25) is 4.79 Å². The Morgan fingerprint density at radius 2 is 2.06 bits per heavy atom. The van der Waals surface area contributed by atoms with Crippen LogP contribution < -0.4 is 10.7 Å². The fourth-order valence-electron chi connectivity index (χ4n) is 2.75. The molecule has 0 radical (unpaired) electrons. The van der Waals surface area contributed by atoms with Crippen molar-refractivity contribution in [2.45, 2.75) is 30.4 Å². The van der Waals surface area contributed by atoms with Crippen molar-refractivity contribution in [3.8, 4) is 5.75 Å². The molecule has 0 aliphatic heterocycles. The predicted molar refractivity (Wildman–Crippen MR) is 144 cm³/mol. The number of hydrogen-bond acceptors (Lipinski definition) is 7. The van der Waals surface area contributed by atoms with Crippen molar-refractivity contribution < 1.29 is 9.90 Å². The molecule has 0 saturated heterocycles.